The van der Waals surface area contributed by atoms with Crippen LogP contribution >= 0.6 is 0 Å². The molecule has 0 atom stereocenters. The average Bonchev–Trinajstić information content (AvgIpc) is 3.12. The largest absolute Gasteiger partial charge is 0.348 e. The van der Waals surface area contributed by atoms with E-state index < -0.39 is 0 Å². The number of nitrogens with zero attached hydrogens (tertiary/aromatic N) is 3. The summed E-state index contributed by atoms with van der Waals surface area (Å²) in [6.45, 7) is 1.91. The first-order valence-electron chi connectivity index (χ1n) is 7.14. The average molecular weight is 286 g/mol. The Morgan fingerprint density at radius 1 is 1.29 bits per heavy atom. The van der Waals surface area contributed by atoms with Crippen LogP contribution in [0.3, 0.4) is 0 Å². The van der Waals surface area contributed by atoms with Gasteiger partial charge in [-0.15, -0.1) is 10.2 Å². The van der Waals surface area contributed by atoms with Crippen molar-refractivity contribution in [2.24, 2.45) is 0 Å². The van der Waals surface area contributed by atoms with Gasteiger partial charge in [0.15, 0.2) is 11.5 Å². The van der Waals surface area contributed by atoms with Gasteiger partial charge in [-0.2, -0.15) is 5.10 Å². The van der Waals surface area contributed by atoms with Crippen LogP contribution in [0, 0.1) is 6.92 Å². The van der Waals surface area contributed by atoms with E-state index in [1.165, 1.54) is 12.8 Å². The molecule has 2 aromatic rings. The number of hydrogen-bond donors (Lipinski definition) is 3. The van der Waals surface area contributed by atoms with Gasteiger partial charge in [-0.1, -0.05) is 12.8 Å². The fraction of sp³-hybridized carbons (Fsp3) is 0.429. The number of hydrogen-bond acceptors (Lipinski definition) is 5. The lowest BCUT2D eigenvalue weighted by atomic mass is 10.2. The number of amides is 1. The van der Waals surface area contributed by atoms with Gasteiger partial charge in [0.1, 0.15) is 0 Å². The molecule has 3 N–H and O–H groups in total. The highest BCUT2D eigenvalue weighted by Crippen LogP contribution is 2.18. The van der Waals surface area contributed by atoms with Gasteiger partial charge in [0, 0.05) is 6.04 Å². The van der Waals surface area contributed by atoms with E-state index >= 15 is 0 Å². The summed E-state index contributed by atoms with van der Waals surface area (Å²) < 4.78 is 0. The van der Waals surface area contributed by atoms with Crippen LogP contribution in [0.2, 0.25) is 0 Å². The van der Waals surface area contributed by atoms with E-state index in [2.05, 4.69) is 31.0 Å². The molecule has 0 unspecified atom stereocenters. The highest BCUT2D eigenvalue weighted by atomic mass is 16.2. The number of aromatic amines is 1. The standard InChI is InChI=1S/C14H18N6O/c1-9-12(8-15-18-9)17-13-7-6-11(19-20-13)14(21)16-10-4-2-3-5-10/h6-8,10H,2-5H2,1H3,(H,15,18)(H,16,21)(H,17,20). The Labute approximate surface area is 122 Å². The predicted molar refractivity (Wildman–Crippen MR) is 78.4 cm³/mol. The van der Waals surface area contributed by atoms with Gasteiger partial charge in [0.25, 0.3) is 5.91 Å². The Bertz CT molecular complexity index is 615. The minimum absolute atomic E-state index is 0.152. The number of aromatic nitrogens is 4. The van der Waals surface area contributed by atoms with Crippen LogP contribution in [0.5, 0.6) is 0 Å². The molecule has 1 saturated carbocycles. The highest BCUT2D eigenvalue weighted by Gasteiger charge is 2.18. The van der Waals surface area contributed by atoms with Crippen molar-refractivity contribution >= 4 is 17.4 Å². The Balaban J connectivity index is 1.63. The van der Waals surface area contributed by atoms with E-state index in [0.717, 1.165) is 24.2 Å². The number of carbonyl (C=O) groups is 1. The van der Waals surface area contributed by atoms with E-state index in [4.69, 9.17) is 0 Å². The van der Waals surface area contributed by atoms with Crippen LogP contribution in [-0.2, 0) is 0 Å². The molecule has 0 spiro atoms. The monoisotopic (exact) mass is 286 g/mol. The fourth-order valence-corrected chi connectivity index (χ4v) is 2.46. The number of anilines is 2. The van der Waals surface area contributed by atoms with Crippen molar-refractivity contribution in [1.82, 2.24) is 25.7 Å². The van der Waals surface area contributed by atoms with Crippen LogP contribution in [0.25, 0.3) is 0 Å². The Hall–Kier alpha value is -2.44. The van der Waals surface area contributed by atoms with E-state index in [1.807, 2.05) is 6.92 Å². The summed E-state index contributed by atoms with van der Waals surface area (Å²) in [5.41, 5.74) is 2.10. The molecule has 0 saturated heterocycles. The van der Waals surface area contributed by atoms with Gasteiger partial charge < -0.3 is 10.6 Å². The van der Waals surface area contributed by atoms with Gasteiger partial charge in [-0.05, 0) is 31.9 Å². The lowest BCUT2D eigenvalue weighted by Crippen LogP contribution is -2.33. The molecule has 7 nitrogen and oxygen atoms in total. The van der Waals surface area contributed by atoms with Crippen molar-refractivity contribution in [2.45, 2.75) is 38.6 Å². The van der Waals surface area contributed by atoms with Crippen LogP contribution < -0.4 is 10.6 Å². The number of aryl methyl sites for hydroxylation is 1. The molecule has 0 aliphatic heterocycles. The predicted octanol–water partition coefficient (Wildman–Crippen LogP) is 1.92. The second kappa shape index (κ2) is 5.90. The number of rotatable bonds is 4. The normalized spacial score (nSPS) is 15.1. The molecule has 0 bridgehead atoms. The van der Waals surface area contributed by atoms with E-state index in [-0.39, 0.29) is 11.9 Å². The zero-order valence-electron chi connectivity index (χ0n) is 11.9. The maximum Gasteiger partial charge on any atom is 0.272 e. The molecule has 3 rings (SSSR count). The maximum atomic E-state index is 12.0. The Morgan fingerprint density at radius 3 is 2.71 bits per heavy atom. The van der Waals surface area contributed by atoms with E-state index in [0.29, 0.717) is 11.5 Å². The lowest BCUT2D eigenvalue weighted by molar-refractivity contribution is 0.0932. The van der Waals surface area contributed by atoms with Gasteiger partial charge in [0.2, 0.25) is 0 Å². The summed E-state index contributed by atoms with van der Waals surface area (Å²) in [4.78, 5) is 12.0. The summed E-state index contributed by atoms with van der Waals surface area (Å²) in [6.07, 6.45) is 6.15. The van der Waals surface area contributed by atoms with E-state index in [1.54, 1.807) is 18.3 Å². The van der Waals surface area contributed by atoms with Crippen LogP contribution in [-0.4, -0.2) is 32.3 Å². The third-order valence-corrected chi connectivity index (χ3v) is 3.68. The highest BCUT2D eigenvalue weighted by molar-refractivity contribution is 5.92. The first kappa shape index (κ1) is 13.5. The zero-order chi connectivity index (χ0) is 14.7. The maximum absolute atomic E-state index is 12.0. The Morgan fingerprint density at radius 2 is 2.10 bits per heavy atom. The van der Waals surface area contributed by atoms with Crippen molar-refractivity contribution in [3.8, 4) is 0 Å². The van der Waals surface area contributed by atoms with Crippen LogP contribution in [0.1, 0.15) is 41.9 Å². The minimum Gasteiger partial charge on any atom is -0.348 e. The third kappa shape index (κ3) is 3.18. The van der Waals surface area contributed by atoms with Crippen molar-refractivity contribution in [1.29, 1.82) is 0 Å². The first-order chi connectivity index (χ1) is 10.2. The topological polar surface area (TPSA) is 95.6 Å². The first-order valence-corrected chi connectivity index (χ1v) is 7.14. The summed E-state index contributed by atoms with van der Waals surface area (Å²) in [5, 5.41) is 20.8. The molecule has 1 amide bonds. The van der Waals surface area contributed by atoms with Crippen LogP contribution in [0.15, 0.2) is 18.3 Å². The molecular formula is C14H18N6O. The summed E-state index contributed by atoms with van der Waals surface area (Å²) in [6, 6.07) is 3.70. The fourth-order valence-electron chi connectivity index (χ4n) is 2.46. The molecule has 0 aromatic carbocycles. The molecule has 21 heavy (non-hydrogen) atoms. The number of nitrogens with one attached hydrogen (secondary N) is 3. The van der Waals surface area contributed by atoms with Gasteiger partial charge >= 0.3 is 0 Å². The van der Waals surface area contributed by atoms with E-state index in [9.17, 15) is 4.79 Å². The Kier molecular flexibility index (Phi) is 3.81. The summed E-state index contributed by atoms with van der Waals surface area (Å²) in [5.74, 6) is 0.428. The molecule has 1 fully saturated rings. The molecule has 2 aromatic heterocycles. The quantitative estimate of drug-likeness (QED) is 0.798. The molecule has 0 radical (unpaired) electrons. The molecule has 110 valence electrons. The number of carbonyl (C=O) groups excluding carboxylic acids is 1. The zero-order valence-corrected chi connectivity index (χ0v) is 11.9. The minimum atomic E-state index is -0.152. The van der Waals surface area contributed by atoms with Crippen LogP contribution in [0.4, 0.5) is 11.5 Å². The number of H-pyrrole nitrogens is 1. The van der Waals surface area contributed by atoms with Crippen molar-refractivity contribution in [3.63, 3.8) is 0 Å². The molecule has 1 aliphatic carbocycles. The van der Waals surface area contributed by atoms with Gasteiger partial charge in [-0.25, -0.2) is 0 Å². The summed E-state index contributed by atoms with van der Waals surface area (Å²) in [7, 11) is 0. The molecule has 2 heterocycles. The summed E-state index contributed by atoms with van der Waals surface area (Å²) >= 11 is 0. The smallest absolute Gasteiger partial charge is 0.272 e. The molecule has 1 aliphatic rings. The van der Waals surface area contributed by atoms with Crippen molar-refractivity contribution < 1.29 is 4.79 Å². The third-order valence-electron chi connectivity index (χ3n) is 3.68. The van der Waals surface area contributed by atoms with Gasteiger partial charge in [0.05, 0.1) is 17.6 Å². The van der Waals surface area contributed by atoms with Crippen molar-refractivity contribution in [2.75, 3.05) is 5.32 Å². The lowest BCUT2D eigenvalue weighted by Gasteiger charge is -2.11. The second-order valence-corrected chi connectivity index (χ2v) is 5.29. The molecule has 7 heteroatoms. The van der Waals surface area contributed by atoms with Gasteiger partial charge in [-0.3, -0.25) is 9.89 Å². The SMILES string of the molecule is Cc1[nH]ncc1Nc1ccc(C(=O)NC2CCCC2)nn1. The molecular weight excluding hydrogens is 268 g/mol. The van der Waals surface area contributed by atoms with Crippen molar-refractivity contribution in [3.05, 3.63) is 29.7 Å². The second-order valence-electron chi connectivity index (χ2n) is 5.29.